The molecule has 28 heavy (non-hydrogen) atoms. The number of ether oxygens (including phenoxy) is 1. The summed E-state index contributed by atoms with van der Waals surface area (Å²) in [6, 6.07) is 10.5. The van der Waals surface area contributed by atoms with Crippen LogP contribution in [0.5, 0.6) is 5.75 Å². The van der Waals surface area contributed by atoms with Crippen molar-refractivity contribution < 1.29 is 17.9 Å². The first kappa shape index (κ1) is 19.9. The molecule has 0 aliphatic rings. The lowest BCUT2D eigenvalue weighted by molar-refractivity contribution is -0.137. The van der Waals surface area contributed by atoms with Crippen LogP contribution in [-0.2, 0) is 12.6 Å². The molecule has 0 N–H and O–H groups in total. The van der Waals surface area contributed by atoms with Gasteiger partial charge in [0.15, 0.2) is 0 Å². The third-order valence-corrected chi connectivity index (χ3v) is 4.55. The molecule has 0 bridgehead atoms. The number of aryl methyl sites for hydroxylation is 1. The molecule has 0 radical (unpaired) electrons. The molecular weight excluding hydrogens is 369 g/mol. The van der Waals surface area contributed by atoms with E-state index in [1.54, 1.807) is 30.3 Å². The zero-order valence-electron chi connectivity index (χ0n) is 15.9. The number of aromatic nitrogens is 2. The van der Waals surface area contributed by atoms with Crippen LogP contribution < -0.4 is 10.4 Å². The van der Waals surface area contributed by atoms with Crippen LogP contribution in [0.1, 0.15) is 31.5 Å². The Morgan fingerprint density at radius 1 is 1.14 bits per heavy atom. The average Bonchev–Trinajstić information content (AvgIpc) is 2.64. The Bertz CT molecular complexity index is 1040. The number of rotatable bonds is 5. The van der Waals surface area contributed by atoms with Crippen molar-refractivity contribution in [2.24, 2.45) is 5.92 Å². The van der Waals surface area contributed by atoms with E-state index < -0.39 is 17.4 Å². The third-order valence-electron chi connectivity index (χ3n) is 4.55. The summed E-state index contributed by atoms with van der Waals surface area (Å²) in [5.74, 6) is 0.412. The van der Waals surface area contributed by atoms with Crippen LogP contribution in [0.4, 0.5) is 13.2 Å². The van der Waals surface area contributed by atoms with Gasteiger partial charge in [0.1, 0.15) is 5.75 Å². The van der Waals surface area contributed by atoms with Crippen LogP contribution in [0.25, 0.3) is 16.6 Å². The minimum Gasteiger partial charge on any atom is -0.496 e. The van der Waals surface area contributed by atoms with Crippen LogP contribution in [0, 0.1) is 5.92 Å². The van der Waals surface area contributed by atoms with Gasteiger partial charge in [-0.1, -0.05) is 32.0 Å². The number of hydrogen-bond acceptors (Lipinski definition) is 3. The Morgan fingerprint density at radius 2 is 1.82 bits per heavy atom. The Morgan fingerprint density at radius 3 is 2.39 bits per heavy atom. The third kappa shape index (κ3) is 3.88. The zero-order valence-corrected chi connectivity index (χ0v) is 15.9. The Hall–Kier alpha value is -2.83. The van der Waals surface area contributed by atoms with E-state index in [9.17, 15) is 18.0 Å². The summed E-state index contributed by atoms with van der Waals surface area (Å²) in [6.07, 6.45) is -3.35. The molecule has 1 aromatic heterocycles. The lowest BCUT2D eigenvalue weighted by Crippen LogP contribution is -2.24. The molecule has 4 nitrogen and oxygen atoms in total. The van der Waals surface area contributed by atoms with Gasteiger partial charge >= 0.3 is 11.9 Å². The molecule has 0 aliphatic heterocycles. The highest BCUT2D eigenvalue weighted by Gasteiger charge is 2.33. The molecule has 0 amide bonds. The zero-order chi connectivity index (χ0) is 20.5. The quantitative estimate of drug-likeness (QED) is 0.616. The second-order valence-corrected chi connectivity index (χ2v) is 7.01. The first-order valence-corrected chi connectivity index (χ1v) is 8.98. The topological polar surface area (TPSA) is 44.1 Å². The van der Waals surface area contributed by atoms with Gasteiger partial charge in [-0.05, 0) is 43.0 Å². The second-order valence-electron chi connectivity index (χ2n) is 7.01. The van der Waals surface area contributed by atoms with Gasteiger partial charge in [-0.25, -0.2) is 4.79 Å². The van der Waals surface area contributed by atoms with Crippen molar-refractivity contribution in [1.82, 2.24) is 9.55 Å². The highest BCUT2D eigenvalue weighted by Crippen LogP contribution is 2.37. The van der Waals surface area contributed by atoms with E-state index in [-0.39, 0.29) is 11.3 Å². The molecule has 0 atom stereocenters. The fourth-order valence-electron chi connectivity index (χ4n) is 3.15. The summed E-state index contributed by atoms with van der Waals surface area (Å²) in [6.45, 7) is 4.07. The van der Waals surface area contributed by atoms with E-state index in [1.807, 2.05) is 13.8 Å². The predicted molar refractivity (Wildman–Crippen MR) is 102 cm³/mol. The average molecular weight is 390 g/mol. The van der Waals surface area contributed by atoms with E-state index in [0.29, 0.717) is 29.1 Å². The monoisotopic (exact) mass is 390 g/mol. The number of benzene rings is 2. The lowest BCUT2D eigenvalue weighted by atomic mass is 10.0. The standard InChI is InChI=1S/C21H21F3N2O2/c1-13(2)9-10-16-19-17(11-14(21(22,23)24)12-18(19)28-3)26(20(27)25-16)15-7-5-4-6-8-15/h4-8,11-13H,9-10H2,1-3H3. The minimum atomic E-state index is -4.57. The van der Waals surface area contributed by atoms with Gasteiger partial charge in [0.2, 0.25) is 0 Å². The first-order chi connectivity index (χ1) is 13.2. The fraction of sp³-hybridized carbons (Fsp3) is 0.333. The largest absolute Gasteiger partial charge is 0.496 e. The number of methoxy groups -OCH3 is 1. The maximum atomic E-state index is 13.5. The molecule has 2 aromatic carbocycles. The van der Waals surface area contributed by atoms with E-state index in [0.717, 1.165) is 18.6 Å². The number of nitrogens with zero attached hydrogens (tertiary/aromatic N) is 2. The van der Waals surface area contributed by atoms with Crippen LogP contribution in [0.3, 0.4) is 0 Å². The van der Waals surface area contributed by atoms with Gasteiger partial charge in [-0.15, -0.1) is 0 Å². The SMILES string of the molecule is COc1cc(C(F)(F)F)cc2c1c(CCC(C)C)nc(=O)n2-c1ccccc1. The van der Waals surface area contributed by atoms with E-state index in [1.165, 1.54) is 11.7 Å². The molecule has 0 aliphatic carbocycles. The van der Waals surface area contributed by atoms with Crippen molar-refractivity contribution in [2.45, 2.75) is 32.9 Å². The smallest absolute Gasteiger partial charge is 0.416 e. The molecule has 0 spiro atoms. The maximum absolute atomic E-state index is 13.5. The second kappa shape index (κ2) is 7.66. The van der Waals surface area contributed by atoms with Gasteiger partial charge in [0.25, 0.3) is 0 Å². The number of fused-ring (bicyclic) bond motifs is 1. The molecule has 3 rings (SSSR count). The van der Waals surface area contributed by atoms with Crippen molar-refractivity contribution in [2.75, 3.05) is 7.11 Å². The summed E-state index contributed by atoms with van der Waals surface area (Å²) in [5, 5.41) is 0.430. The number of hydrogen-bond donors (Lipinski definition) is 0. The normalized spacial score (nSPS) is 12.0. The van der Waals surface area contributed by atoms with Gasteiger partial charge in [0, 0.05) is 0 Å². The fourth-order valence-corrected chi connectivity index (χ4v) is 3.15. The van der Waals surface area contributed by atoms with Crippen molar-refractivity contribution in [3.63, 3.8) is 0 Å². The van der Waals surface area contributed by atoms with Crippen LogP contribution in [0.2, 0.25) is 0 Å². The van der Waals surface area contributed by atoms with Crippen molar-refractivity contribution in [3.05, 3.63) is 64.2 Å². The summed E-state index contributed by atoms with van der Waals surface area (Å²) < 4.78 is 46.9. The van der Waals surface area contributed by atoms with E-state index in [2.05, 4.69) is 4.98 Å². The van der Waals surface area contributed by atoms with Crippen LogP contribution in [-0.4, -0.2) is 16.7 Å². The van der Waals surface area contributed by atoms with Crippen LogP contribution >= 0.6 is 0 Å². The Balaban J connectivity index is 2.41. The highest BCUT2D eigenvalue weighted by atomic mass is 19.4. The lowest BCUT2D eigenvalue weighted by Gasteiger charge is -2.18. The van der Waals surface area contributed by atoms with E-state index >= 15 is 0 Å². The molecule has 148 valence electrons. The summed E-state index contributed by atoms with van der Waals surface area (Å²) in [4.78, 5) is 17.0. The molecule has 3 aromatic rings. The van der Waals surface area contributed by atoms with Gasteiger partial charge in [-0.3, -0.25) is 4.57 Å². The summed E-state index contributed by atoms with van der Waals surface area (Å²) in [7, 11) is 1.32. The highest BCUT2D eigenvalue weighted by molar-refractivity contribution is 5.89. The maximum Gasteiger partial charge on any atom is 0.416 e. The van der Waals surface area contributed by atoms with E-state index in [4.69, 9.17) is 4.74 Å². The number of para-hydroxylation sites is 1. The molecule has 1 heterocycles. The van der Waals surface area contributed by atoms with Crippen molar-refractivity contribution in [1.29, 1.82) is 0 Å². The van der Waals surface area contributed by atoms with Crippen molar-refractivity contribution in [3.8, 4) is 11.4 Å². The molecule has 7 heteroatoms. The first-order valence-electron chi connectivity index (χ1n) is 8.98. The van der Waals surface area contributed by atoms with Gasteiger partial charge in [0.05, 0.1) is 35.0 Å². The molecule has 0 saturated carbocycles. The van der Waals surface area contributed by atoms with Gasteiger partial charge in [-0.2, -0.15) is 18.2 Å². The van der Waals surface area contributed by atoms with Crippen molar-refractivity contribution >= 4 is 10.9 Å². The number of alkyl halides is 3. The molecule has 0 saturated heterocycles. The van der Waals surface area contributed by atoms with Crippen LogP contribution in [0.15, 0.2) is 47.3 Å². The molecular formula is C21H21F3N2O2. The summed E-state index contributed by atoms with van der Waals surface area (Å²) in [5.41, 5.74) is -0.453. The number of halogens is 3. The minimum absolute atomic E-state index is 0.0563. The molecule has 0 unspecified atom stereocenters. The van der Waals surface area contributed by atoms with Gasteiger partial charge < -0.3 is 4.74 Å². The molecule has 0 fully saturated rings. The predicted octanol–water partition coefficient (Wildman–Crippen LogP) is 5.00. The Labute approximate surface area is 160 Å². The summed E-state index contributed by atoms with van der Waals surface area (Å²) >= 11 is 0. The Kier molecular flexibility index (Phi) is 5.45.